The van der Waals surface area contributed by atoms with Crippen LogP contribution >= 0.6 is 11.6 Å². The third kappa shape index (κ3) is 6.47. The van der Waals surface area contributed by atoms with Crippen molar-refractivity contribution in [3.05, 3.63) is 0 Å². The standard InChI is InChI=1S/C7H12ClNO2S/c1-2-3-4-6-9-12(10,11)7-5-8/h9H,4-7H2,1H3. The van der Waals surface area contributed by atoms with Gasteiger partial charge >= 0.3 is 0 Å². The molecule has 0 aliphatic rings. The van der Waals surface area contributed by atoms with Crippen molar-refractivity contribution in [1.29, 1.82) is 0 Å². The van der Waals surface area contributed by atoms with Gasteiger partial charge in [0.1, 0.15) is 0 Å². The first-order chi connectivity index (χ1) is 5.62. The summed E-state index contributed by atoms with van der Waals surface area (Å²) in [5.41, 5.74) is 0. The highest BCUT2D eigenvalue weighted by Gasteiger charge is 2.06. The third-order valence-corrected chi connectivity index (χ3v) is 2.89. The van der Waals surface area contributed by atoms with Crippen LogP contribution in [0.1, 0.15) is 13.3 Å². The van der Waals surface area contributed by atoms with Gasteiger partial charge in [-0.2, -0.15) is 0 Å². The summed E-state index contributed by atoms with van der Waals surface area (Å²) in [6.45, 7) is 2.08. The first kappa shape index (κ1) is 11.8. The normalized spacial score (nSPS) is 10.5. The van der Waals surface area contributed by atoms with Gasteiger partial charge in [-0.15, -0.1) is 23.4 Å². The van der Waals surface area contributed by atoms with Gasteiger partial charge in [0.05, 0.1) is 5.75 Å². The van der Waals surface area contributed by atoms with Crippen LogP contribution in [0.3, 0.4) is 0 Å². The molecule has 0 fully saturated rings. The molecule has 1 N–H and O–H groups in total. The number of halogens is 1. The van der Waals surface area contributed by atoms with Crippen molar-refractivity contribution in [2.24, 2.45) is 0 Å². The minimum absolute atomic E-state index is 0.0336. The number of nitrogens with one attached hydrogen (secondary N) is 1. The fourth-order valence-electron chi connectivity index (χ4n) is 0.568. The number of alkyl halides is 1. The summed E-state index contributed by atoms with van der Waals surface area (Å²) in [6, 6.07) is 0. The Kier molecular flexibility index (Phi) is 6.17. The molecule has 5 heteroatoms. The van der Waals surface area contributed by atoms with Gasteiger partial charge in [-0.3, -0.25) is 0 Å². The molecule has 0 saturated carbocycles. The molecular formula is C7H12ClNO2S. The van der Waals surface area contributed by atoms with Crippen molar-refractivity contribution in [3.63, 3.8) is 0 Å². The van der Waals surface area contributed by atoms with E-state index in [0.29, 0.717) is 13.0 Å². The van der Waals surface area contributed by atoms with Gasteiger partial charge in [0.25, 0.3) is 0 Å². The Hall–Kier alpha value is -0.240. The first-order valence-electron chi connectivity index (χ1n) is 3.55. The topological polar surface area (TPSA) is 46.2 Å². The second-order valence-electron chi connectivity index (χ2n) is 2.08. The molecule has 0 heterocycles. The van der Waals surface area contributed by atoms with E-state index in [1.165, 1.54) is 0 Å². The molecule has 12 heavy (non-hydrogen) atoms. The van der Waals surface area contributed by atoms with Crippen LogP contribution in [0.15, 0.2) is 0 Å². The molecule has 0 atom stereocenters. The molecule has 0 rings (SSSR count). The van der Waals surface area contributed by atoms with Gasteiger partial charge < -0.3 is 0 Å². The largest absolute Gasteiger partial charge is 0.214 e. The summed E-state index contributed by atoms with van der Waals surface area (Å²) >= 11 is 5.28. The zero-order chi connectivity index (χ0) is 9.45. The fraction of sp³-hybridized carbons (Fsp3) is 0.714. The highest BCUT2D eigenvalue weighted by molar-refractivity contribution is 7.89. The Morgan fingerprint density at radius 1 is 1.50 bits per heavy atom. The van der Waals surface area contributed by atoms with E-state index in [9.17, 15) is 8.42 Å². The molecule has 0 amide bonds. The lowest BCUT2D eigenvalue weighted by molar-refractivity contribution is 0.584. The van der Waals surface area contributed by atoms with Gasteiger partial charge in [0, 0.05) is 18.8 Å². The van der Waals surface area contributed by atoms with Crippen molar-refractivity contribution in [3.8, 4) is 11.8 Å². The van der Waals surface area contributed by atoms with Crippen molar-refractivity contribution < 1.29 is 8.42 Å². The maximum absolute atomic E-state index is 10.9. The van der Waals surface area contributed by atoms with Gasteiger partial charge in [-0.25, -0.2) is 13.1 Å². The Balaban J connectivity index is 3.67. The summed E-state index contributed by atoms with van der Waals surface area (Å²) in [5, 5.41) is 0. The monoisotopic (exact) mass is 209 g/mol. The third-order valence-electron chi connectivity index (χ3n) is 1.09. The van der Waals surface area contributed by atoms with Crippen LogP contribution < -0.4 is 4.72 Å². The molecule has 0 aromatic heterocycles. The fourth-order valence-corrected chi connectivity index (χ4v) is 1.94. The number of rotatable bonds is 5. The molecule has 0 radical (unpaired) electrons. The number of hydrogen-bond donors (Lipinski definition) is 1. The van der Waals surface area contributed by atoms with E-state index >= 15 is 0 Å². The second-order valence-corrected chi connectivity index (χ2v) is 4.38. The average molecular weight is 210 g/mol. The van der Waals surface area contributed by atoms with E-state index in [-0.39, 0.29) is 11.6 Å². The molecule has 0 aromatic carbocycles. The van der Waals surface area contributed by atoms with E-state index in [2.05, 4.69) is 16.6 Å². The van der Waals surface area contributed by atoms with E-state index in [4.69, 9.17) is 11.6 Å². The summed E-state index contributed by atoms with van der Waals surface area (Å²) in [5.74, 6) is 5.51. The van der Waals surface area contributed by atoms with Crippen LogP contribution in [0.2, 0.25) is 0 Å². The van der Waals surface area contributed by atoms with Crippen LogP contribution in [-0.2, 0) is 10.0 Å². The van der Waals surface area contributed by atoms with Crippen LogP contribution in [-0.4, -0.2) is 26.6 Å². The van der Waals surface area contributed by atoms with Crippen molar-refractivity contribution >= 4 is 21.6 Å². The molecule has 70 valence electrons. The molecule has 3 nitrogen and oxygen atoms in total. The molecule has 0 bridgehead atoms. The van der Waals surface area contributed by atoms with Crippen molar-refractivity contribution in [2.75, 3.05) is 18.2 Å². The van der Waals surface area contributed by atoms with E-state index in [0.717, 1.165) is 0 Å². The lowest BCUT2D eigenvalue weighted by Gasteiger charge is -2.01. The summed E-state index contributed by atoms with van der Waals surface area (Å²) < 4.78 is 24.3. The summed E-state index contributed by atoms with van der Waals surface area (Å²) in [7, 11) is -3.16. The molecule has 0 saturated heterocycles. The Morgan fingerprint density at radius 2 is 2.17 bits per heavy atom. The molecule has 0 aromatic rings. The van der Waals surface area contributed by atoms with Gasteiger partial charge in [-0.05, 0) is 6.92 Å². The predicted molar refractivity (Wildman–Crippen MR) is 50.6 cm³/mol. The predicted octanol–water partition coefficient (Wildman–Crippen LogP) is 0.558. The minimum atomic E-state index is -3.16. The van der Waals surface area contributed by atoms with Crippen LogP contribution in [0, 0.1) is 11.8 Å². The molecule has 0 aliphatic carbocycles. The van der Waals surface area contributed by atoms with Crippen molar-refractivity contribution in [2.45, 2.75) is 13.3 Å². The molecule has 0 spiro atoms. The van der Waals surface area contributed by atoms with Crippen molar-refractivity contribution in [1.82, 2.24) is 4.72 Å². The summed E-state index contributed by atoms with van der Waals surface area (Å²) in [6.07, 6.45) is 0.540. The highest BCUT2D eigenvalue weighted by Crippen LogP contribution is 1.86. The molecule has 0 unspecified atom stereocenters. The average Bonchev–Trinajstić information content (AvgIpc) is 1.98. The zero-order valence-electron chi connectivity index (χ0n) is 6.93. The Bertz CT molecular complexity index is 263. The lowest BCUT2D eigenvalue weighted by Crippen LogP contribution is -2.27. The number of hydrogen-bond acceptors (Lipinski definition) is 2. The first-order valence-corrected chi connectivity index (χ1v) is 5.74. The van der Waals surface area contributed by atoms with Gasteiger partial charge in [0.2, 0.25) is 10.0 Å². The zero-order valence-corrected chi connectivity index (χ0v) is 8.50. The van der Waals surface area contributed by atoms with E-state index in [1.807, 2.05) is 0 Å². The number of sulfonamides is 1. The second kappa shape index (κ2) is 6.30. The molecule has 0 aliphatic heterocycles. The maximum Gasteiger partial charge on any atom is 0.212 e. The van der Waals surface area contributed by atoms with Gasteiger partial charge in [0.15, 0.2) is 0 Å². The van der Waals surface area contributed by atoms with E-state index < -0.39 is 10.0 Å². The Labute approximate surface area is 78.5 Å². The maximum atomic E-state index is 10.9. The van der Waals surface area contributed by atoms with Crippen LogP contribution in [0.5, 0.6) is 0 Å². The van der Waals surface area contributed by atoms with E-state index in [1.54, 1.807) is 6.92 Å². The van der Waals surface area contributed by atoms with Gasteiger partial charge in [-0.1, -0.05) is 0 Å². The Morgan fingerprint density at radius 3 is 2.67 bits per heavy atom. The van der Waals surface area contributed by atoms with Crippen LogP contribution in [0.25, 0.3) is 0 Å². The highest BCUT2D eigenvalue weighted by atomic mass is 35.5. The van der Waals surface area contributed by atoms with Crippen LogP contribution in [0.4, 0.5) is 0 Å². The SMILES string of the molecule is CC#CCCNS(=O)(=O)CCCl. The molecular weight excluding hydrogens is 198 g/mol. The lowest BCUT2D eigenvalue weighted by atomic mass is 10.4. The minimum Gasteiger partial charge on any atom is -0.214 e. The summed E-state index contributed by atoms with van der Waals surface area (Å²) in [4.78, 5) is 0. The smallest absolute Gasteiger partial charge is 0.212 e. The quantitative estimate of drug-likeness (QED) is 0.409.